The third kappa shape index (κ3) is 1.29. The third-order valence-corrected chi connectivity index (χ3v) is 2.54. The van der Waals surface area contributed by atoms with Gasteiger partial charge in [0.15, 0.2) is 0 Å². The molecule has 3 heteroatoms. The van der Waals surface area contributed by atoms with E-state index in [1.54, 1.807) is 0 Å². The number of hydrogen-bond donors (Lipinski definition) is 3. The first-order valence-corrected chi connectivity index (χ1v) is 4.73. The van der Waals surface area contributed by atoms with Crippen LogP contribution in [0.4, 0.5) is 0 Å². The molecule has 0 aromatic carbocycles. The molecule has 0 aromatic rings. The van der Waals surface area contributed by atoms with Gasteiger partial charge in [0.2, 0.25) is 0 Å². The molecule has 3 N–H and O–H groups in total. The van der Waals surface area contributed by atoms with Crippen LogP contribution in [0.15, 0.2) is 11.4 Å². The van der Waals surface area contributed by atoms with E-state index in [0.717, 1.165) is 19.5 Å². The van der Waals surface area contributed by atoms with Crippen LogP contribution in [0.3, 0.4) is 0 Å². The average molecular weight is 167 g/mol. The molecule has 0 saturated heterocycles. The number of nitrogens with one attached hydrogen (secondary N) is 3. The second-order valence-electron chi connectivity index (χ2n) is 3.89. The maximum atomic E-state index is 3.52. The minimum atomic E-state index is 0.454. The maximum absolute atomic E-state index is 3.52. The van der Waals surface area contributed by atoms with Crippen LogP contribution in [0.5, 0.6) is 0 Å². The quantitative estimate of drug-likeness (QED) is 0.528. The van der Waals surface area contributed by atoms with Crippen molar-refractivity contribution in [1.82, 2.24) is 16.0 Å². The van der Waals surface area contributed by atoms with E-state index in [1.165, 1.54) is 11.4 Å². The molecule has 0 aromatic heterocycles. The van der Waals surface area contributed by atoms with Crippen molar-refractivity contribution in [2.24, 2.45) is 5.92 Å². The van der Waals surface area contributed by atoms with Crippen LogP contribution in [-0.4, -0.2) is 19.3 Å². The van der Waals surface area contributed by atoms with Crippen LogP contribution in [0.1, 0.15) is 20.3 Å². The van der Waals surface area contributed by atoms with E-state index in [4.69, 9.17) is 0 Å². The summed E-state index contributed by atoms with van der Waals surface area (Å²) in [5, 5.41) is 10.4. The van der Waals surface area contributed by atoms with Gasteiger partial charge in [-0.1, -0.05) is 13.8 Å². The number of rotatable bonds is 1. The van der Waals surface area contributed by atoms with Crippen LogP contribution >= 0.6 is 0 Å². The zero-order valence-corrected chi connectivity index (χ0v) is 7.78. The Bertz CT molecular complexity index is 190. The molecule has 68 valence electrons. The fourth-order valence-corrected chi connectivity index (χ4v) is 1.73. The monoisotopic (exact) mass is 167 g/mol. The van der Waals surface area contributed by atoms with Gasteiger partial charge in [-0.15, -0.1) is 0 Å². The molecule has 2 aliphatic rings. The Morgan fingerprint density at radius 2 is 2.00 bits per heavy atom. The highest BCUT2D eigenvalue weighted by atomic mass is 15.2. The summed E-state index contributed by atoms with van der Waals surface area (Å²) < 4.78 is 0. The lowest BCUT2D eigenvalue weighted by Gasteiger charge is -2.17. The van der Waals surface area contributed by atoms with Crippen molar-refractivity contribution in [1.29, 1.82) is 0 Å². The lowest BCUT2D eigenvalue weighted by molar-refractivity contribution is 0.415. The summed E-state index contributed by atoms with van der Waals surface area (Å²) in [4.78, 5) is 0. The molecule has 1 atom stereocenters. The molecule has 2 rings (SSSR count). The van der Waals surface area contributed by atoms with E-state index >= 15 is 0 Å². The van der Waals surface area contributed by atoms with E-state index in [2.05, 4.69) is 29.8 Å². The Morgan fingerprint density at radius 1 is 1.25 bits per heavy atom. The van der Waals surface area contributed by atoms with Gasteiger partial charge in [-0.05, 0) is 5.92 Å². The van der Waals surface area contributed by atoms with Gasteiger partial charge in [-0.2, -0.15) is 0 Å². The molecule has 0 fully saturated rings. The molecule has 0 aliphatic carbocycles. The lowest BCUT2D eigenvalue weighted by atomic mass is 10.1. The molecule has 2 heterocycles. The van der Waals surface area contributed by atoms with Crippen molar-refractivity contribution in [2.45, 2.75) is 26.4 Å². The highest BCUT2D eigenvalue weighted by Gasteiger charge is 2.25. The molecule has 0 saturated carbocycles. The Morgan fingerprint density at radius 3 is 2.67 bits per heavy atom. The minimum Gasteiger partial charge on any atom is -0.367 e. The molecule has 1 unspecified atom stereocenters. The average Bonchev–Trinajstić information content (AvgIpc) is 2.46. The van der Waals surface area contributed by atoms with Gasteiger partial charge in [0.05, 0.1) is 6.17 Å². The number of hydrogen-bond acceptors (Lipinski definition) is 3. The summed E-state index contributed by atoms with van der Waals surface area (Å²) in [5.41, 5.74) is 2.80. The van der Waals surface area contributed by atoms with Crippen molar-refractivity contribution in [2.75, 3.05) is 13.1 Å². The molecule has 12 heavy (non-hydrogen) atoms. The second-order valence-corrected chi connectivity index (χ2v) is 3.89. The summed E-state index contributed by atoms with van der Waals surface area (Å²) in [7, 11) is 0. The predicted molar refractivity (Wildman–Crippen MR) is 49.4 cm³/mol. The van der Waals surface area contributed by atoms with Gasteiger partial charge >= 0.3 is 0 Å². The smallest absolute Gasteiger partial charge is 0.0983 e. The van der Waals surface area contributed by atoms with Crippen molar-refractivity contribution in [3.05, 3.63) is 11.4 Å². The van der Waals surface area contributed by atoms with Crippen LogP contribution in [-0.2, 0) is 0 Å². The van der Waals surface area contributed by atoms with Gasteiger partial charge < -0.3 is 16.0 Å². The first-order valence-electron chi connectivity index (χ1n) is 4.73. The van der Waals surface area contributed by atoms with Crippen molar-refractivity contribution in [3.63, 3.8) is 0 Å². The highest BCUT2D eigenvalue weighted by molar-refractivity contribution is 5.22. The van der Waals surface area contributed by atoms with Gasteiger partial charge in [0.1, 0.15) is 0 Å². The standard InChI is InChI=1S/C9H17N3/c1-6(2)9-11-7-3-4-10-5-8(7)12-9/h6,9-12H,3-5H2,1-2H3. The Hall–Kier alpha value is -0.700. The second kappa shape index (κ2) is 2.98. The lowest BCUT2D eigenvalue weighted by Crippen LogP contribution is -2.38. The van der Waals surface area contributed by atoms with Crippen molar-refractivity contribution >= 4 is 0 Å². The van der Waals surface area contributed by atoms with Gasteiger partial charge in [-0.3, -0.25) is 0 Å². The van der Waals surface area contributed by atoms with E-state index in [9.17, 15) is 0 Å². The summed E-state index contributed by atoms with van der Waals surface area (Å²) in [6.07, 6.45) is 1.60. The first-order chi connectivity index (χ1) is 5.77. The van der Waals surface area contributed by atoms with Crippen LogP contribution in [0.25, 0.3) is 0 Å². The van der Waals surface area contributed by atoms with E-state index in [0.29, 0.717) is 12.1 Å². The van der Waals surface area contributed by atoms with Crippen molar-refractivity contribution in [3.8, 4) is 0 Å². The highest BCUT2D eigenvalue weighted by Crippen LogP contribution is 2.17. The Balaban J connectivity index is 2.02. The molecule has 3 nitrogen and oxygen atoms in total. The van der Waals surface area contributed by atoms with Crippen molar-refractivity contribution < 1.29 is 0 Å². The summed E-state index contributed by atoms with van der Waals surface area (Å²) in [5.74, 6) is 0.649. The van der Waals surface area contributed by atoms with Crippen LogP contribution < -0.4 is 16.0 Å². The maximum Gasteiger partial charge on any atom is 0.0983 e. The fraction of sp³-hybridized carbons (Fsp3) is 0.778. The molecule has 0 amide bonds. The van der Waals surface area contributed by atoms with E-state index in [1.807, 2.05) is 0 Å². The molecule has 2 aliphatic heterocycles. The Labute approximate surface area is 73.6 Å². The van der Waals surface area contributed by atoms with E-state index in [-0.39, 0.29) is 0 Å². The molecule has 0 bridgehead atoms. The SMILES string of the molecule is CC(C)C1NC2=C(CNCC2)N1. The summed E-state index contributed by atoms with van der Waals surface area (Å²) in [6, 6.07) is 0. The largest absolute Gasteiger partial charge is 0.367 e. The third-order valence-electron chi connectivity index (χ3n) is 2.54. The molecule has 0 spiro atoms. The van der Waals surface area contributed by atoms with Gasteiger partial charge in [0, 0.05) is 30.9 Å². The summed E-state index contributed by atoms with van der Waals surface area (Å²) >= 11 is 0. The predicted octanol–water partition coefficient (Wildman–Crippen LogP) is 0.366. The zero-order chi connectivity index (χ0) is 8.55. The molecular weight excluding hydrogens is 150 g/mol. The Kier molecular flexibility index (Phi) is 1.97. The molecular formula is C9H17N3. The van der Waals surface area contributed by atoms with Crippen LogP contribution in [0, 0.1) is 5.92 Å². The van der Waals surface area contributed by atoms with Gasteiger partial charge in [0.25, 0.3) is 0 Å². The topological polar surface area (TPSA) is 36.1 Å². The van der Waals surface area contributed by atoms with Gasteiger partial charge in [-0.25, -0.2) is 0 Å². The zero-order valence-electron chi connectivity index (χ0n) is 7.78. The minimum absolute atomic E-state index is 0.454. The summed E-state index contributed by atoms with van der Waals surface area (Å²) in [6.45, 7) is 6.58. The molecule has 0 radical (unpaired) electrons. The fourth-order valence-electron chi connectivity index (χ4n) is 1.73. The first kappa shape index (κ1) is 7.92. The van der Waals surface area contributed by atoms with E-state index < -0.39 is 0 Å². The van der Waals surface area contributed by atoms with Crippen LogP contribution in [0.2, 0.25) is 0 Å². The normalized spacial score (nSPS) is 28.4.